The Morgan fingerprint density at radius 3 is 2.09 bits per heavy atom. The molecule has 3 aromatic rings. The van der Waals surface area contributed by atoms with Crippen LogP contribution in [0.1, 0.15) is 23.6 Å². The molecular weight excluding hydrogens is 496 g/mol. The molecule has 33 heavy (non-hydrogen) atoms. The van der Waals surface area contributed by atoms with Crippen LogP contribution in [0.2, 0.25) is 0 Å². The van der Waals surface area contributed by atoms with Gasteiger partial charge in [0, 0.05) is 42.8 Å². The van der Waals surface area contributed by atoms with Gasteiger partial charge in [-0.1, -0.05) is 72.9 Å². The van der Waals surface area contributed by atoms with Crippen LogP contribution in [0.15, 0.2) is 77.3 Å². The van der Waals surface area contributed by atoms with Crippen LogP contribution in [0, 0.1) is 0 Å². The molecule has 0 spiro atoms. The van der Waals surface area contributed by atoms with E-state index in [1.54, 1.807) is 0 Å². The monoisotopic (exact) mass is 524 g/mol. The molecule has 3 aromatic carbocycles. The van der Waals surface area contributed by atoms with Gasteiger partial charge in [0.2, 0.25) is 0 Å². The fourth-order valence-corrected chi connectivity index (χ4v) is 4.93. The van der Waals surface area contributed by atoms with E-state index in [-0.39, 0.29) is 0 Å². The maximum absolute atomic E-state index is 6.09. The lowest BCUT2D eigenvalue weighted by molar-refractivity contribution is 0.177. The zero-order valence-corrected chi connectivity index (χ0v) is 21.3. The molecule has 172 valence electrons. The highest BCUT2D eigenvalue weighted by Gasteiger charge is 2.22. The smallest absolute Gasteiger partial charge is 0.162 e. The van der Waals surface area contributed by atoms with Crippen LogP contribution < -0.4 is 9.47 Å². The second kappa shape index (κ2) is 11.6. The van der Waals surface area contributed by atoms with Crippen LogP contribution in [-0.4, -0.2) is 47.6 Å². The van der Waals surface area contributed by atoms with Crippen LogP contribution >= 0.6 is 28.1 Å². The summed E-state index contributed by atoms with van der Waals surface area (Å²) in [6.07, 6.45) is 0. The summed E-state index contributed by atoms with van der Waals surface area (Å²) in [6, 6.07) is 24.7. The van der Waals surface area contributed by atoms with E-state index in [9.17, 15) is 0 Å². The van der Waals surface area contributed by atoms with Crippen molar-refractivity contribution in [1.82, 2.24) is 9.80 Å². The predicted molar refractivity (Wildman–Crippen MR) is 141 cm³/mol. The van der Waals surface area contributed by atoms with Gasteiger partial charge in [0.25, 0.3) is 0 Å². The first-order chi connectivity index (χ1) is 16.1. The molecule has 0 bridgehead atoms. The lowest BCUT2D eigenvalue weighted by Crippen LogP contribution is -2.48. The number of rotatable bonds is 8. The van der Waals surface area contributed by atoms with Gasteiger partial charge in [-0.3, -0.25) is 4.90 Å². The Morgan fingerprint density at radius 1 is 0.848 bits per heavy atom. The predicted octanol–water partition coefficient (Wildman–Crippen LogP) is 5.92. The first-order valence-electron chi connectivity index (χ1n) is 11.3. The van der Waals surface area contributed by atoms with Crippen molar-refractivity contribution in [2.24, 2.45) is 0 Å². The molecular formula is C27H29BrN2O2S. The van der Waals surface area contributed by atoms with Crippen molar-refractivity contribution in [2.75, 3.05) is 32.8 Å². The van der Waals surface area contributed by atoms with Crippen LogP contribution in [0.5, 0.6) is 11.5 Å². The van der Waals surface area contributed by atoms with Crippen molar-refractivity contribution in [1.29, 1.82) is 0 Å². The average Bonchev–Trinajstić information content (AvgIpc) is 2.85. The van der Waals surface area contributed by atoms with Crippen LogP contribution in [-0.2, 0) is 13.2 Å². The highest BCUT2D eigenvalue weighted by atomic mass is 79.9. The summed E-state index contributed by atoms with van der Waals surface area (Å²) >= 11 is 9.63. The van der Waals surface area contributed by atoms with Gasteiger partial charge < -0.3 is 14.4 Å². The quantitative estimate of drug-likeness (QED) is 0.340. The first-order valence-corrected chi connectivity index (χ1v) is 12.5. The van der Waals surface area contributed by atoms with Gasteiger partial charge in [0.1, 0.15) is 11.6 Å². The second-order valence-corrected chi connectivity index (χ2v) is 9.28. The van der Waals surface area contributed by atoms with E-state index in [0.29, 0.717) is 19.0 Å². The number of halogens is 1. The number of ether oxygens (including phenoxy) is 2. The van der Waals surface area contributed by atoms with Crippen LogP contribution in [0.4, 0.5) is 0 Å². The summed E-state index contributed by atoms with van der Waals surface area (Å²) in [4.78, 5) is 5.61. The molecule has 0 aromatic heterocycles. The Kier molecular flexibility index (Phi) is 8.37. The molecule has 6 heteroatoms. The fraction of sp³-hybridized carbons (Fsp3) is 0.296. The number of nitrogens with zero attached hydrogens (tertiary/aromatic N) is 2. The Hall–Kier alpha value is -2.41. The lowest BCUT2D eigenvalue weighted by atomic mass is 10.1. The number of benzene rings is 3. The molecule has 1 fully saturated rings. The third kappa shape index (κ3) is 6.34. The van der Waals surface area contributed by atoms with Crippen molar-refractivity contribution < 1.29 is 9.47 Å². The molecule has 0 saturated carbocycles. The summed E-state index contributed by atoms with van der Waals surface area (Å²) in [5.41, 5.74) is 3.43. The summed E-state index contributed by atoms with van der Waals surface area (Å²) < 4.78 is 12.9. The van der Waals surface area contributed by atoms with Crippen molar-refractivity contribution in [3.05, 3.63) is 94.0 Å². The molecule has 0 unspecified atom stereocenters. The molecule has 0 N–H and O–H groups in total. The van der Waals surface area contributed by atoms with Crippen molar-refractivity contribution in [2.45, 2.75) is 20.1 Å². The molecule has 0 atom stereocenters. The minimum atomic E-state index is 0.487. The molecule has 1 aliphatic rings. The van der Waals surface area contributed by atoms with Crippen LogP contribution in [0.25, 0.3) is 0 Å². The van der Waals surface area contributed by atoms with Gasteiger partial charge in [-0.2, -0.15) is 0 Å². The third-order valence-electron chi connectivity index (χ3n) is 5.71. The SMILES string of the molecule is CCOc1cc(C(=S)N2CCN(Cc3ccccc3)CC2)c(Br)cc1OCc1ccccc1. The normalized spacial score (nSPS) is 14.2. The molecule has 1 aliphatic heterocycles. The Morgan fingerprint density at radius 2 is 1.45 bits per heavy atom. The minimum Gasteiger partial charge on any atom is -0.490 e. The lowest BCUT2D eigenvalue weighted by Gasteiger charge is -2.36. The van der Waals surface area contributed by atoms with E-state index < -0.39 is 0 Å². The second-order valence-electron chi connectivity index (χ2n) is 8.04. The summed E-state index contributed by atoms with van der Waals surface area (Å²) in [5, 5.41) is 0. The Bertz CT molecular complexity index is 1050. The summed E-state index contributed by atoms with van der Waals surface area (Å²) in [5.74, 6) is 1.43. The fourth-order valence-electron chi connectivity index (χ4n) is 3.94. The third-order valence-corrected chi connectivity index (χ3v) is 6.84. The van der Waals surface area contributed by atoms with Gasteiger partial charge in [0.15, 0.2) is 11.5 Å². The van der Waals surface area contributed by atoms with E-state index in [1.165, 1.54) is 5.56 Å². The van der Waals surface area contributed by atoms with E-state index in [4.69, 9.17) is 21.7 Å². The molecule has 4 nitrogen and oxygen atoms in total. The molecule has 4 rings (SSSR count). The van der Waals surface area contributed by atoms with E-state index in [1.807, 2.05) is 37.3 Å². The van der Waals surface area contributed by atoms with Crippen molar-refractivity contribution >= 4 is 33.1 Å². The van der Waals surface area contributed by atoms with Gasteiger partial charge in [-0.05, 0) is 46.1 Å². The summed E-state index contributed by atoms with van der Waals surface area (Å²) in [7, 11) is 0. The van der Waals surface area contributed by atoms with Gasteiger partial charge >= 0.3 is 0 Å². The Balaban J connectivity index is 1.42. The average molecular weight is 526 g/mol. The van der Waals surface area contributed by atoms with Gasteiger partial charge in [0.05, 0.1) is 6.61 Å². The number of hydrogen-bond acceptors (Lipinski definition) is 4. The molecule has 0 amide bonds. The molecule has 1 saturated heterocycles. The van der Waals surface area contributed by atoms with Crippen molar-refractivity contribution in [3.63, 3.8) is 0 Å². The molecule has 1 heterocycles. The standard InChI is InChI=1S/C27H29BrN2O2S/c1-2-31-25-17-23(24(28)18-26(25)32-20-22-11-7-4-8-12-22)27(33)30-15-13-29(14-16-30)19-21-9-5-3-6-10-21/h3-12,17-18H,2,13-16,19-20H2,1H3. The highest BCUT2D eigenvalue weighted by Crippen LogP contribution is 2.35. The van der Waals surface area contributed by atoms with Gasteiger partial charge in [-0.25, -0.2) is 0 Å². The van der Waals surface area contributed by atoms with Gasteiger partial charge in [-0.15, -0.1) is 0 Å². The topological polar surface area (TPSA) is 24.9 Å². The first kappa shape index (κ1) is 23.7. The maximum atomic E-state index is 6.09. The van der Waals surface area contributed by atoms with E-state index in [2.05, 4.69) is 68.2 Å². The molecule has 0 aliphatic carbocycles. The maximum Gasteiger partial charge on any atom is 0.162 e. The van der Waals surface area contributed by atoms with Crippen LogP contribution in [0.3, 0.4) is 0 Å². The zero-order chi connectivity index (χ0) is 23.0. The van der Waals surface area contributed by atoms with E-state index >= 15 is 0 Å². The largest absolute Gasteiger partial charge is 0.490 e. The summed E-state index contributed by atoms with van der Waals surface area (Å²) in [6.45, 7) is 7.81. The number of hydrogen-bond donors (Lipinski definition) is 0. The Labute approximate surface area is 210 Å². The number of piperazine rings is 1. The molecule has 0 radical (unpaired) electrons. The van der Waals surface area contributed by atoms with E-state index in [0.717, 1.165) is 59.1 Å². The zero-order valence-electron chi connectivity index (χ0n) is 18.9. The minimum absolute atomic E-state index is 0.487. The highest BCUT2D eigenvalue weighted by molar-refractivity contribution is 9.10. The number of thiocarbonyl (C=S) groups is 1. The van der Waals surface area contributed by atoms with Crippen molar-refractivity contribution in [3.8, 4) is 11.5 Å².